The maximum atomic E-state index is 11.2. The lowest BCUT2D eigenvalue weighted by atomic mass is 10.2. The minimum Gasteiger partial charge on any atom is -0.481 e. The number of carboxylic acid groups (broad SMARTS) is 1. The fourth-order valence-corrected chi connectivity index (χ4v) is 1.70. The SMILES string of the molecule is CCC(CSC)NC(=O)CCC(=O)O. The molecule has 0 spiro atoms. The smallest absolute Gasteiger partial charge is 0.303 e. The highest BCUT2D eigenvalue weighted by molar-refractivity contribution is 7.98. The van der Waals surface area contributed by atoms with Crippen LogP contribution < -0.4 is 5.32 Å². The molecule has 82 valence electrons. The van der Waals surface area contributed by atoms with E-state index in [0.29, 0.717) is 0 Å². The van der Waals surface area contributed by atoms with Gasteiger partial charge in [0.1, 0.15) is 0 Å². The normalized spacial score (nSPS) is 12.1. The Labute approximate surface area is 88.4 Å². The van der Waals surface area contributed by atoms with Crippen molar-refractivity contribution < 1.29 is 14.7 Å². The standard InChI is InChI=1S/C9H17NO3S/c1-3-7(6-14-2)10-8(11)4-5-9(12)13/h7H,3-6H2,1-2H3,(H,10,11)(H,12,13). The van der Waals surface area contributed by atoms with Crippen molar-refractivity contribution >= 4 is 23.6 Å². The zero-order valence-corrected chi connectivity index (χ0v) is 9.39. The van der Waals surface area contributed by atoms with Gasteiger partial charge in [-0.3, -0.25) is 9.59 Å². The Hall–Kier alpha value is -0.710. The van der Waals surface area contributed by atoms with Crippen molar-refractivity contribution in [3.05, 3.63) is 0 Å². The molecule has 0 aromatic carbocycles. The van der Waals surface area contributed by atoms with Gasteiger partial charge in [-0.25, -0.2) is 0 Å². The van der Waals surface area contributed by atoms with Crippen molar-refractivity contribution in [3.63, 3.8) is 0 Å². The van der Waals surface area contributed by atoms with Crippen LogP contribution in [-0.2, 0) is 9.59 Å². The number of nitrogens with one attached hydrogen (secondary N) is 1. The number of carboxylic acids is 1. The van der Waals surface area contributed by atoms with Gasteiger partial charge in [0.2, 0.25) is 5.91 Å². The van der Waals surface area contributed by atoms with Crippen LogP contribution in [0.15, 0.2) is 0 Å². The quantitative estimate of drug-likeness (QED) is 0.673. The molecule has 0 aliphatic heterocycles. The van der Waals surface area contributed by atoms with Crippen molar-refractivity contribution in [2.24, 2.45) is 0 Å². The Kier molecular flexibility index (Phi) is 7.28. The van der Waals surface area contributed by atoms with Gasteiger partial charge in [-0.15, -0.1) is 0 Å². The minimum atomic E-state index is -0.932. The first-order valence-electron chi connectivity index (χ1n) is 4.60. The van der Waals surface area contributed by atoms with Crippen molar-refractivity contribution in [2.45, 2.75) is 32.2 Å². The Morgan fingerprint density at radius 3 is 2.50 bits per heavy atom. The van der Waals surface area contributed by atoms with Crippen LogP contribution in [-0.4, -0.2) is 35.0 Å². The fourth-order valence-electron chi connectivity index (χ4n) is 0.983. The van der Waals surface area contributed by atoms with Gasteiger partial charge in [-0.05, 0) is 12.7 Å². The first kappa shape index (κ1) is 13.3. The summed E-state index contributed by atoms with van der Waals surface area (Å²) >= 11 is 1.67. The molecular formula is C9H17NO3S. The maximum Gasteiger partial charge on any atom is 0.303 e. The van der Waals surface area contributed by atoms with Crippen molar-refractivity contribution in [3.8, 4) is 0 Å². The van der Waals surface area contributed by atoms with E-state index in [1.807, 2.05) is 13.2 Å². The van der Waals surface area contributed by atoms with Crippen LogP contribution in [0.2, 0.25) is 0 Å². The van der Waals surface area contributed by atoms with Gasteiger partial charge in [-0.2, -0.15) is 11.8 Å². The molecule has 1 unspecified atom stereocenters. The number of carbonyl (C=O) groups excluding carboxylic acids is 1. The zero-order valence-electron chi connectivity index (χ0n) is 8.58. The van der Waals surface area contributed by atoms with Gasteiger partial charge in [0.15, 0.2) is 0 Å². The van der Waals surface area contributed by atoms with Crippen molar-refractivity contribution in [2.75, 3.05) is 12.0 Å². The third kappa shape index (κ3) is 6.77. The molecule has 1 atom stereocenters. The predicted octanol–water partition coefficient (Wildman–Crippen LogP) is 1.11. The highest BCUT2D eigenvalue weighted by Crippen LogP contribution is 2.01. The van der Waals surface area contributed by atoms with E-state index in [0.717, 1.165) is 12.2 Å². The summed E-state index contributed by atoms with van der Waals surface area (Å²) in [6, 6.07) is 0.159. The second-order valence-electron chi connectivity index (χ2n) is 3.02. The van der Waals surface area contributed by atoms with Gasteiger partial charge >= 0.3 is 5.97 Å². The molecule has 0 aromatic heterocycles. The van der Waals surface area contributed by atoms with Crippen LogP contribution in [0.5, 0.6) is 0 Å². The number of rotatable bonds is 7. The summed E-state index contributed by atoms with van der Waals surface area (Å²) in [7, 11) is 0. The van der Waals surface area contributed by atoms with Gasteiger partial charge in [-0.1, -0.05) is 6.92 Å². The summed E-state index contributed by atoms with van der Waals surface area (Å²) < 4.78 is 0. The second-order valence-corrected chi connectivity index (χ2v) is 3.93. The van der Waals surface area contributed by atoms with Crippen LogP contribution in [0.4, 0.5) is 0 Å². The molecule has 0 radical (unpaired) electrons. The van der Waals surface area contributed by atoms with Crippen LogP contribution in [0.1, 0.15) is 26.2 Å². The molecule has 0 saturated carbocycles. The summed E-state index contributed by atoms with van der Waals surface area (Å²) in [4.78, 5) is 21.4. The monoisotopic (exact) mass is 219 g/mol. The molecule has 0 heterocycles. The first-order valence-corrected chi connectivity index (χ1v) is 5.99. The largest absolute Gasteiger partial charge is 0.481 e. The molecule has 1 amide bonds. The van der Waals surface area contributed by atoms with E-state index in [2.05, 4.69) is 5.32 Å². The summed E-state index contributed by atoms with van der Waals surface area (Å²) in [6.45, 7) is 2.00. The number of thioether (sulfide) groups is 1. The second kappa shape index (κ2) is 7.67. The van der Waals surface area contributed by atoms with Crippen molar-refractivity contribution in [1.29, 1.82) is 0 Å². The Balaban J connectivity index is 3.72. The highest BCUT2D eigenvalue weighted by Gasteiger charge is 2.10. The lowest BCUT2D eigenvalue weighted by Gasteiger charge is -2.15. The number of hydrogen-bond acceptors (Lipinski definition) is 3. The number of aliphatic carboxylic acids is 1. The number of carbonyl (C=O) groups is 2. The van der Waals surface area contributed by atoms with E-state index in [1.165, 1.54) is 0 Å². The van der Waals surface area contributed by atoms with E-state index < -0.39 is 5.97 Å². The van der Waals surface area contributed by atoms with Gasteiger partial charge < -0.3 is 10.4 Å². The fraction of sp³-hybridized carbons (Fsp3) is 0.778. The Morgan fingerprint density at radius 2 is 2.07 bits per heavy atom. The van der Waals surface area contributed by atoms with E-state index in [1.54, 1.807) is 11.8 Å². The molecule has 14 heavy (non-hydrogen) atoms. The summed E-state index contributed by atoms with van der Waals surface area (Å²) in [6.07, 6.45) is 2.83. The van der Waals surface area contributed by atoms with Crippen LogP contribution >= 0.6 is 11.8 Å². The minimum absolute atomic E-state index is 0.0697. The average molecular weight is 219 g/mol. The summed E-state index contributed by atoms with van der Waals surface area (Å²) in [5.74, 6) is -0.235. The Bertz CT molecular complexity index is 196. The lowest BCUT2D eigenvalue weighted by Crippen LogP contribution is -2.36. The molecule has 4 nitrogen and oxygen atoms in total. The third-order valence-electron chi connectivity index (χ3n) is 1.79. The molecule has 0 aliphatic rings. The van der Waals surface area contributed by atoms with Crippen molar-refractivity contribution in [1.82, 2.24) is 5.32 Å². The van der Waals surface area contributed by atoms with Gasteiger partial charge in [0, 0.05) is 18.2 Å². The maximum absolute atomic E-state index is 11.2. The Morgan fingerprint density at radius 1 is 1.43 bits per heavy atom. The van der Waals surface area contributed by atoms with Gasteiger partial charge in [0.05, 0.1) is 6.42 Å². The molecule has 0 aliphatic carbocycles. The molecule has 0 fully saturated rings. The zero-order chi connectivity index (χ0) is 11.0. The topological polar surface area (TPSA) is 66.4 Å². The van der Waals surface area contributed by atoms with E-state index >= 15 is 0 Å². The highest BCUT2D eigenvalue weighted by atomic mass is 32.2. The van der Waals surface area contributed by atoms with Crippen LogP contribution in [0.25, 0.3) is 0 Å². The molecule has 0 rings (SSSR count). The summed E-state index contributed by atoms with van der Waals surface area (Å²) in [5.41, 5.74) is 0. The lowest BCUT2D eigenvalue weighted by molar-refractivity contribution is -0.138. The number of amides is 1. The van der Waals surface area contributed by atoms with E-state index in [4.69, 9.17) is 5.11 Å². The van der Waals surface area contributed by atoms with E-state index in [9.17, 15) is 9.59 Å². The van der Waals surface area contributed by atoms with E-state index in [-0.39, 0.29) is 24.8 Å². The van der Waals surface area contributed by atoms with Gasteiger partial charge in [0.25, 0.3) is 0 Å². The molecular weight excluding hydrogens is 202 g/mol. The molecule has 0 bridgehead atoms. The molecule has 5 heteroatoms. The summed E-state index contributed by atoms with van der Waals surface area (Å²) in [5, 5.41) is 11.2. The van der Waals surface area contributed by atoms with Crippen LogP contribution in [0, 0.1) is 0 Å². The number of hydrogen-bond donors (Lipinski definition) is 2. The molecule has 0 saturated heterocycles. The molecule has 2 N–H and O–H groups in total. The predicted molar refractivity (Wildman–Crippen MR) is 57.5 cm³/mol. The third-order valence-corrected chi connectivity index (χ3v) is 2.53. The average Bonchev–Trinajstić information content (AvgIpc) is 2.14. The molecule has 0 aromatic rings. The first-order chi connectivity index (χ1) is 6.60. The van der Waals surface area contributed by atoms with Crippen LogP contribution in [0.3, 0.4) is 0 Å².